The lowest BCUT2D eigenvalue weighted by Crippen LogP contribution is -2.34. The minimum Gasteiger partial charge on any atom is -0.344 e. The summed E-state index contributed by atoms with van der Waals surface area (Å²) in [4.78, 5) is 15.2. The Morgan fingerprint density at radius 2 is 2.07 bits per heavy atom. The van der Waals surface area contributed by atoms with Crippen LogP contribution in [0.5, 0.6) is 0 Å². The molecular formula is C20H21N5OS2. The second-order valence-corrected chi connectivity index (χ2v) is 8.54. The molecule has 8 heteroatoms. The molecule has 0 N–H and O–H groups in total. The van der Waals surface area contributed by atoms with Gasteiger partial charge in [0, 0.05) is 13.6 Å². The van der Waals surface area contributed by atoms with Gasteiger partial charge in [-0.25, -0.2) is 0 Å². The zero-order chi connectivity index (χ0) is 19.9. The molecule has 0 aliphatic rings. The Kier molecular flexibility index (Phi) is 6.85. The van der Waals surface area contributed by atoms with E-state index in [-0.39, 0.29) is 11.2 Å². The summed E-state index contributed by atoms with van der Waals surface area (Å²) in [5.74, 6) is 0.783. The Bertz CT molecular complexity index is 947. The van der Waals surface area contributed by atoms with E-state index < -0.39 is 0 Å². The molecule has 6 nitrogen and oxygen atoms in total. The van der Waals surface area contributed by atoms with Crippen molar-refractivity contribution in [2.24, 2.45) is 0 Å². The van der Waals surface area contributed by atoms with Crippen LogP contribution in [0.2, 0.25) is 0 Å². The third-order valence-corrected chi connectivity index (χ3v) is 6.14. The number of benzene rings is 1. The van der Waals surface area contributed by atoms with Gasteiger partial charge in [0.2, 0.25) is 5.91 Å². The highest BCUT2D eigenvalue weighted by atomic mass is 32.2. The van der Waals surface area contributed by atoms with Crippen molar-refractivity contribution in [1.29, 1.82) is 5.26 Å². The van der Waals surface area contributed by atoms with Gasteiger partial charge < -0.3 is 4.90 Å². The molecule has 2 heterocycles. The Hall–Kier alpha value is -2.63. The van der Waals surface area contributed by atoms with Crippen LogP contribution in [0.25, 0.3) is 10.7 Å². The first kappa shape index (κ1) is 20.1. The summed E-state index contributed by atoms with van der Waals surface area (Å²) in [6.07, 6.45) is 0.326. The van der Waals surface area contributed by atoms with E-state index in [0.29, 0.717) is 24.7 Å². The fourth-order valence-electron chi connectivity index (χ4n) is 2.72. The predicted molar refractivity (Wildman–Crippen MR) is 112 cm³/mol. The highest BCUT2D eigenvalue weighted by Crippen LogP contribution is 2.30. The van der Waals surface area contributed by atoms with Crippen LogP contribution in [0, 0.1) is 11.3 Å². The number of nitriles is 1. The van der Waals surface area contributed by atoms with Crippen LogP contribution >= 0.6 is 23.1 Å². The molecule has 1 atom stereocenters. The molecular weight excluding hydrogens is 390 g/mol. The lowest BCUT2D eigenvalue weighted by Gasteiger charge is -2.20. The number of carbonyl (C=O) groups is 1. The van der Waals surface area contributed by atoms with E-state index >= 15 is 0 Å². The van der Waals surface area contributed by atoms with Crippen molar-refractivity contribution in [2.45, 2.75) is 30.3 Å². The van der Waals surface area contributed by atoms with E-state index in [4.69, 9.17) is 5.26 Å². The molecule has 0 unspecified atom stereocenters. The van der Waals surface area contributed by atoms with Crippen LogP contribution in [0.15, 0.2) is 53.0 Å². The van der Waals surface area contributed by atoms with E-state index in [0.717, 1.165) is 16.3 Å². The highest BCUT2D eigenvalue weighted by Gasteiger charge is 2.23. The number of aromatic nitrogens is 3. The van der Waals surface area contributed by atoms with Gasteiger partial charge in [-0.1, -0.05) is 48.2 Å². The van der Waals surface area contributed by atoms with Gasteiger partial charge in [0.1, 0.15) is 0 Å². The van der Waals surface area contributed by atoms with E-state index in [1.807, 2.05) is 42.6 Å². The second-order valence-electron chi connectivity index (χ2n) is 6.28. The van der Waals surface area contributed by atoms with Crippen molar-refractivity contribution in [1.82, 2.24) is 19.7 Å². The fraction of sp³-hybridized carbons (Fsp3) is 0.300. The zero-order valence-corrected chi connectivity index (χ0v) is 17.4. The molecule has 3 aromatic rings. The maximum absolute atomic E-state index is 12.6. The van der Waals surface area contributed by atoms with Gasteiger partial charge >= 0.3 is 0 Å². The lowest BCUT2D eigenvalue weighted by molar-refractivity contribution is -0.128. The molecule has 0 radical (unpaired) electrons. The fourth-order valence-corrected chi connectivity index (χ4v) is 4.40. The zero-order valence-electron chi connectivity index (χ0n) is 15.8. The molecule has 1 amide bonds. The van der Waals surface area contributed by atoms with Crippen molar-refractivity contribution < 1.29 is 4.79 Å². The SMILES string of the molecule is C[C@@H](Sc1nnc(-c2cccs2)n1Cc1ccccc1)C(=O)N(C)CCC#N. The van der Waals surface area contributed by atoms with Crippen LogP contribution in [-0.4, -0.2) is 44.4 Å². The standard InChI is InChI=1S/C20H21N5OS2/c1-15(19(26)24(2)12-7-11-21)28-20-23-22-18(17-10-6-13-27-17)25(20)14-16-8-4-3-5-9-16/h3-6,8-10,13,15H,7,12,14H2,1-2H3/t15-/m1/s1. The summed E-state index contributed by atoms with van der Waals surface area (Å²) in [6.45, 7) is 2.92. The van der Waals surface area contributed by atoms with Gasteiger partial charge in [0.05, 0.1) is 29.2 Å². The highest BCUT2D eigenvalue weighted by molar-refractivity contribution is 8.00. The summed E-state index contributed by atoms with van der Waals surface area (Å²) in [5.41, 5.74) is 1.15. The van der Waals surface area contributed by atoms with Crippen molar-refractivity contribution in [3.05, 3.63) is 53.4 Å². The van der Waals surface area contributed by atoms with E-state index in [2.05, 4.69) is 33.0 Å². The maximum atomic E-state index is 12.6. The number of hydrogen-bond donors (Lipinski definition) is 0. The monoisotopic (exact) mass is 411 g/mol. The molecule has 0 aliphatic carbocycles. The quantitative estimate of drug-likeness (QED) is 0.526. The molecule has 0 fully saturated rings. The third kappa shape index (κ3) is 4.80. The minimum atomic E-state index is -0.321. The molecule has 3 rings (SSSR count). The molecule has 1 aromatic carbocycles. The van der Waals surface area contributed by atoms with E-state index in [1.54, 1.807) is 23.3 Å². The number of nitrogens with zero attached hydrogens (tertiary/aromatic N) is 5. The molecule has 0 bridgehead atoms. The first-order chi connectivity index (χ1) is 13.6. The van der Waals surface area contributed by atoms with Gasteiger partial charge in [-0.2, -0.15) is 5.26 Å². The summed E-state index contributed by atoms with van der Waals surface area (Å²) in [5, 5.41) is 19.9. The van der Waals surface area contributed by atoms with Crippen molar-refractivity contribution in [3.63, 3.8) is 0 Å². The number of carbonyl (C=O) groups excluding carboxylic acids is 1. The topological polar surface area (TPSA) is 74.8 Å². The molecule has 144 valence electrons. The Balaban J connectivity index is 1.84. The molecule has 0 saturated carbocycles. The largest absolute Gasteiger partial charge is 0.344 e. The van der Waals surface area contributed by atoms with Crippen LogP contribution in [0.4, 0.5) is 0 Å². The van der Waals surface area contributed by atoms with Crippen LogP contribution in [0.1, 0.15) is 18.9 Å². The predicted octanol–water partition coefficient (Wildman–Crippen LogP) is 3.91. The minimum absolute atomic E-state index is 0.0211. The average Bonchev–Trinajstić information content (AvgIpc) is 3.37. The second kappa shape index (κ2) is 9.53. The molecule has 2 aromatic heterocycles. The normalized spacial score (nSPS) is 11.8. The number of rotatable bonds is 8. The maximum Gasteiger partial charge on any atom is 0.235 e. The van der Waals surface area contributed by atoms with E-state index in [1.165, 1.54) is 11.8 Å². The first-order valence-electron chi connectivity index (χ1n) is 8.89. The smallest absolute Gasteiger partial charge is 0.235 e. The number of thiophene rings is 1. The first-order valence-corrected chi connectivity index (χ1v) is 10.7. The molecule has 0 saturated heterocycles. The lowest BCUT2D eigenvalue weighted by atomic mass is 10.2. The Morgan fingerprint density at radius 3 is 2.75 bits per heavy atom. The molecule has 28 heavy (non-hydrogen) atoms. The summed E-state index contributed by atoms with van der Waals surface area (Å²) in [7, 11) is 1.72. The molecule has 0 spiro atoms. The summed E-state index contributed by atoms with van der Waals surface area (Å²) >= 11 is 3.01. The number of amides is 1. The summed E-state index contributed by atoms with van der Waals surface area (Å²) in [6, 6.07) is 16.2. The Morgan fingerprint density at radius 1 is 1.29 bits per heavy atom. The van der Waals surface area contributed by atoms with Crippen LogP contribution in [-0.2, 0) is 11.3 Å². The van der Waals surface area contributed by atoms with E-state index in [9.17, 15) is 4.79 Å². The van der Waals surface area contributed by atoms with Crippen molar-refractivity contribution >= 4 is 29.0 Å². The van der Waals surface area contributed by atoms with Crippen molar-refractivity contribution in [3.8, 4) is 16.8 Å². The number of hydrogen-bond acceptors (Lipinski definition) is 6. The third-order valence-electron chi connectivity index (χ3n) is 4.21. The van der Waals surface area contributed by atoms with Crippen LogP contribution < -0.4 is 0 Å². The van der Waals surface area contributed by atoms with Gasteiger partial charge in [-0.3, -0.25) is 9.36 Å². The molecule has 0 aliphatic heterocycles. The van der Waals surface area contributed by atoms with Gasteiger partial charge in [0.15, 0.2) is 11.0 Å². The average molecular weight is 412 g/mol. The van der Waals surface area contributed by atoms with Crippen molar-refractivity contribution in [2.75, 3.05) is 13.6 Å². The summed E-state index contributed by atoms with van der Waals surface area (Å²) < 4.78 is 2.06. The van der Waals surface area contributed by atoms with Gasteiger partial charge in [-0.05, 0) is 23.9 Å². The van der Waals surface area contributed by atoms with Crippen LogP contribution in [0.3, 0.4) is 0 Å². The Labute approximate surface area is 172 Å². The van der Waals surface area contributed by atoms with Gasteiger partial charge in [-0.15, -0.1) is 21.5 Å². The van der Waals surface area contributed by atoms with Gasteiger partial charge in [0.25, 0.3) is 0 Å². The number of thioether (sulfide) groups is 1.